The molecular formula is C17H39Cl2NSi3Ti. The van der Waals surface area contributed by atoms with Crippen LogP contribution in [0, 0.1) is 5.92 Å². The van der Waals surface area contributed by atoms with Gasteiger partial charge in [0.05, 0.1) is 0 Å². The first-order valence-electron chi connectivity index (χ1n) is 8.98. The number of hydrogen-bond donors (Lipinski definition) is 0. The second-order valence-electron chi connectivity index (χ2n) is 10.6. The fourth-order valence-electron chi connectivity index (χ4n) is 6.26. The molecule has 0 amide bonds. The molecule has 1 nitrogen and oxygen atoms in total. The quantitative estimate of drug-likeness (QED) is 0.456. The summed E-state index contributed by atoms with van der Waals surface area (Å²) in [6.45, 7) is 15.6. The second-order valence-corrected chi connectivity index (χ2v) is 41.1. The molecule has 0 aromatic heterocycles. The Bertz CT molecular complexity index is 568. The second kappa shape index (κ2) is 7.79. The zero-order valence-electron chi connectivity index (χ0n) is 17.0. The van der Waals surface area contributed by atoms with Gasteiger partial charge in [-0.2, -0.15) is 0 Å². The number of allylic oxidation sites excluding steroid dienone is 4. The van der Waals surface area contributed by atoms with Crippen molar-refractivity contribution in [2.24, 2.45) is 5.92 Å². The van der Waals surface area contributed by atoms with Crippen molar-refractivity contribution in [2.75, 3.05) is 0 Å². The number of nitrogens with zero attached hydrogens (tertiary/aromatic N) is 1. The Labute approximate surface area is 167 Å². The molecule has 2 rings (SSSR count). The zero-order chi connectivity index (χ0) is 17.0. The fraction of sp³-hybridized carbons (Fsp3) is 0.765. The molecule has 2 aliphatic rings. The van der Waals surface area contributed by atoms with E-state index in [0.29, 0.717) is 0 Å². The van der Waals surface area contributed by atoms with Crippen LogP contribution in [0.2, 0.25) is 54.0 Å². The van der Waals surface area contributed by atoms with Crippen LogP contribution in [0.4, 0.5) is 0 Å². The van der Waals surface area contributed by atoms with Gasteiger partial charge in [-0.1, -0.05) is 0 Å². The zero-order valence-corrected chi connectivity index (χ0v) is 23.6. The Kier molecular flexibility index (Phi) is 8.24. The van der Waals surface area contributed by atoms with Crippen LogP contribution in [0.5, 0.6) is 0 Å². The Morgan fingerprint density at radius 2 is 1.50 bits per heavy atom. The fourth-order valence-corrected chi connectivity index (χ4v) is 58.5. The molecule has 24 heavy (non-hydrogen) atoms. The minimum Gasteiger partial charge on any atom is -0.147 e. The molecule has 0 aliphatic heterocycles. The molecule has 0 saturated heterocycles. The molecule has 0 radical (unpaired) electrons. The van der Waals surface area contributed by atoms with Crippen LogP contribution in [0.25, 0.3) is 0 Å². The molecule has 0 N–H and O–H groups in total. The average Bonchev–Trinajstić information content (AvgIpc) is 2.66. The van der Waals surface area contributed by atoms with Crippen molar-refractivity contribution in [3.05, 3.63) is 23.8 Å². The summed E-state index contributed by atoms with van der Waals surface area (Å²) in [6, 6.07) is 0. The minimum atomic E-state index is -2.71. The third-order valence-corrected chi connectivity index (χ3v) is 37.4. The van der Waals surface area contributed by atoms with Crippen molar-refractivity contribution < 1.29 is 14.3 Å². The number of fused-ring (bicyclic) bond motifs is 1. The number of hydrogen-bond acceptors (Lipinski definition) is 1. The van der Waals surface area contributed by atoms with E-state index in [4.69, 9.17) is 0 Å². The molecular weight excluding hydrogens is 421 g/mol. The van der Waals surface area contributed by atoms with Gasteiger partial charge in [0, 0.05) is 0 Å². The summed E-state index contributed by atoms with van der Waals surface area (Å²) in [5.74, 6) is 0.868. The van der Waals surface area contributed by atoms with Gasteiger partial charge in [0.25, 0.3) is 0 Å². The molecule has 1 fully saturated rings. The maximum atomic E-state index is 3.25. The van der Waals surface area contributed by atoms with Gasteiger partial charge in [0.1, 0.15) is 0 Å². The van der Waals surface area contributed by atoms with Gasteiger partial charge < -0.3 is 0 Å². The van der Waals surface area contributed by atoms with E-state index in [1.54, 1.807) is 0 Å². The van der Waals surface area contributed by atoms with Gasteiger partial charge in [-0.3, -0.25) is 0 Å². The van der Waals surface area contributed by atoms with Crippen molar-refractivity contribution in [1.29, 1.82) is 0 Å². The third kappa shape index (κ3) is 4.80. The van der Waals surface area contributed by atoms with E-state index in [9.17, 15) is 0 Å². The summed E-state index contributed by atoms with van der Waals surface area (Å²) < 4.78 is 4.16. The van der Waals surface area contributed by atoms with Crippen LogP contribution in [0.3, 0.4) is 0 Å². The van der Waals surface area contributed by atoms with E-state index < -0.39 is 30.8 Å². The van der Waals surface area contributed by atoms with Crippen LogP contribution in [-0.2, 0) is 14.3 Å². The monoisotopic (exact) mass is 459 g/mol. The predicted octanol–water partition coefficient (Wildman–Crippen LogP) is 6.14. The molecule has 2 atom stereocenters. The van der Waals surface area contributed by atoms with Crippen molar-refractivity contribution in [3.8, 4) is 0 Å². The molecule has 2 unspecified atom stereocenters. The molecule has 0 bridgehead atoms. The summed E-state index contributed by atoms with van der Waals surface area (Å²) in [5.41, 5.74) is 1.83. The van der Waals surface area contributed by atoms with Crippen molar-refractivity contribution >= 4 is 48.9 Å². The van der Waals surface area contributed by atoms with Crippen LogP contribution in [0.15, 0.2) is 23.8 Å². The summed E-state index contributed by atoms with van der Waals surface area (Å²) >= 11 is -2.71. The SMILES string of the molecule is C[Si](C)(C)[N]([Si](C)(C)C)[Ti]([CH3])([CH3])(=[SiH2])[CH]1CCC2CC=CC=C21.Cl.Cl. The van der Waals surface area contributed by atoms with Gasteiger partial charge in [-0.05, 0) is 0 Å². The van der Waals surface area contributed by atoms with E-state index in [1.807, 2.05) is 5.57 Å². The van der Waals surface area contributed by atoms with E-state index in [0.717, 1.165) is 10.1 Å². The first-order chi connectivity index (χ1) is 9.74. The van der Waals surface area contributed by atoms with E-state index in [1.165, 1.54) is 19.3 Å². The first-order valence-corrected chi connectivity index (χ1v) is 24.6. The van der Waals surface area contributed by atoms with E-state index in [-0.39, 0.29) is 24.8 Å². The van der Waals surface area contributed by atoms with Crippen molar-refractivity contribution in [2.45, 2.75) is 73.2 Å². The van der Waals surface area contributed by atoms with E-state index >= 15 is 0 Å². The molecule has 0 spiro atoms. The molecule has 2 aliphatic carbocycles. The van der Waals surface area contributed by atoms with Crippen LogP contribution in [0.1, 0.15) is 19.3 Å². The van der Waals surface area contributed by atoms with Crippen LogP contribution in [-0.4, -0.2) is 26.8 Å². The van der Waals surface area contributed by atoms with Gasteiger partial charge in [0.15, 0.2) is 0 Å². The van der Waals surface area contributed by atoms with Crippen LogP contribution >= 0.6 is 24.8 Å². The first kappa shape index (κ1) is 25.4. The molecule has 0 aromatic carbocycles. The molecule has 0 heterocycles. The summed E-state index contributed by atoms with van der Waals surface area (Å²) in [4.78, 5) is 0. The van der Waals surface area contributed by atoms with Gasteiger partial charge in [-0.25, -0.2) is 0 Å². The Balaban J connectivity index is 0.00000264. The smallest absolute Gasteiger partial charge is 0.147 e. The molecule has 1 saturated carbocycles. The van der Waals surface area contributed by atoms with Crippen molar-refractivity contribution in [3.63, 3.8) is 0 Å². The van der Waals surface area contributed by atoms with Gasteiger partial charge in [-0.15, -0.1) is 24.8 Å². The van der Waals surface area contributed by atoms with E-state index in [2.05, 4.69) is 78.3 Å². The largest absolute Gasteiger partial charge is 0.147 e. The normalized spacial score (nSPS) is 24.8. The number of halogens is 2. The van der Waals surface area contributed by atoms with Gasteiger partial charge in [0.2, 0.25) is 0 Å². The molecule has 142 valence electrons. The average molecular weight is 461 g/mol. The third-order valence-electron chi connectivity index (χ3n) is 5.70. The summed E-state index contributed by atoms with van der Waals surface area (Å²) in [6.07, 6.45) is 11.4. The maximum absolute atomic E-state index is 3.25. The molecule has 7 heteroatoms. The predicted molar refractivity (Wildman–Crippen MR) is 122 cm³/mol. The Morgan fingerprint density at radius 3 is 1.96 bits per heavy atom. The summed E-state index contributed by atoms with van der Waals surface area (Å²) in [5, 5.41) is 5.52. The number of rotatable bonds is 4. The summed E-state index contributed by atoms with van der Waals surface area (Å²) in [7, 11) is -0.138. The maximum Gasteiger partial charge on any atom is -0.147 e. The van der Waals surface area contributed by atoms with Crippen molar-refractivity contribution in [1.82, 2.24) is 2.71 Å². The van der Waals surface area contributed by atoms with Gasteiger partial charge >= 0.3 is 144 Å². The van der Waals surface area contributed by atoms with Crippen LogP contribution < -0.4 is 0 Å². The molecule has 0 aromatic rings. The minimum absolute atomic E-state index is 0. The Hall–Kier alpha value is 1.38. The topological polar surface area (TPSA) is 3.24 Å². The standard InChI is InChI=1S/C9H11.C6H18NSi2.2CH3.2ClH.H2Si.Ti/c1-2-5-9-7-3-6-8(9)4-1;1-8(2,3)7-9(4,5)6;;;;;;/h1-2,4,6,9H,3,5,7H2;1-6H3;2*1H3;2*1H;1H2;/q;-1;;;;;;+1. The Morgan fingerprint density at radius 1 is 1.00 bits per heavy atom.